The van der Waals surface area contributed by atoms with Crippen LogP contribution >= 0.6 is 0 Å². The second kappa shape index (κ2) is 3.30. The van der Waals surface area contributed by atoms with Crippen LogP contribution in [0.1, 0.15) is 0 Å². The standard InChI is InChI=1S/C11H8N4O/c16-11-9-6-13-14-10(9)12-7-15(11)8-4-2-1-3-5-8/h1-7H,(H,13,14). The van der Waals surface area contributed by atoms with Crippen molar-refractivity contribution < 1.29 is 0 Å². The van der Waals surface area contributed by atoms with Crippen molar-refractivity contribution in [1.82, 2.24) is 19.7 Å². The number of hydrogen-bond donors (Lipinski definition) is 1. The lowest BCUT2D eigenvalue weighted by atomic mass is 10.3. The molecule has 0 unspecified atom stereocenters. The van der Waals surface area contributed by atoms with Crippen LogP contribution in [0.3, 0.4) is 0 Å². The molecule has 0 bridgehead atoms. The Bertz CT molecular complexity index is 684. The molecule has 0 aliphatic carbocycles. The van der Waals surface area contributed by atoms with E-state index in [1.54, 1.807) is 0 Å². The number of hydrogen-bond acceptors (Lipinski definition) is 3. The van der Waals surface area contributed by atoms with Crippen LogP contribution in [-0.2, 0) is 0 Å². The Kier molecular flexibility index (Phi) is 1.83. The van der Waals surface area contributed by atoms with E-state index in [0.29, 0.717) is 11.0 Å². The van der Waals surface area contributed by atoms with Crippen LogP contribution in [0.5, 0.6) is 0 Å². The molecule has 2 aromatic heterocycles. The van der Waals surface area contributed by atoms with E-state index >= 15 is 0 Å². The lowest BCUT2D eigenvalue weighted by molar-refractivity contribution is 0.958. The SMILES string of the molecule is O=c1c2cn[nH]c2ncn1-c1ccccc1. The highest BCUT2D eigenvalue weighted by atomic mass is 16.1. The van der Waals surface area contributed by atoms with E-state index in [1.165, 1.54) is 17.1 Å². The zero-order chi connectivity index (χ0) is 11.0. The van der Waals surface area contributed by atoms with E-state index in [-0.39, 0.29) is 5.56 Å². The van der Waals surface area contributed by atoms with Crippen molar-refractivity contribution in [2.45, 2.75) is 0 Å². The van der Waals surface area contributed by atoms with Gasteiger partial charge in [-0.3, -0.25) is 14.5 Å². The molecule has 3 rings (SSSR count). The molecule has 16 heavy (non-hydrogen) atoms. The summed E-state index contributed by atoms with van der Waals surface area (Å²) in [5.41, 5.74) is 1.19. The molecule has 0 fully saturated rings. The molecule has 0 radical (unpaired) electrons. The molecule has 78 valence electrons. The van der Waals surface area contributed by atoms with Crippen molar-refractivity contribution in [3.05, 3.63) is 53.2 Å². The predicted molar refractivity (Wildman–Crippen MR) is 59.5 cm³/mol. The number of rotatable bonds is 1. The van der Waals surface area contributed by atoms with Gasteiger partial charge in [0.05, 0.1) is 11.9 Å². The zero-order valence-corrected chi connectivity index (χ0v) is 8.29. The van der Waals surface area contributed by atoms with E-state index in [9.17, 15) is 4.79 Å². The van der Waals surface area contributed by atoms with Gasteiger partial charge in [-0.05, 0) is 12.1 Å². The summed E-state index contributed by atoms with van der Waals surface area (Å²) in [5, 5.41) is 6.95. The van der Waals surface area contributed by atoms with Crippen LogP contribution in [-0.4, -0.2) is 19.7 Å². The van der Waals surface area contributed by atoms with Crippen molar-refractivity contribution in [2.75, 3.05) is 0 Å². The molecule has 0 aliphatic heterocycles. The largest absolute Gasteiger partial charge is 0.269 e. The van der Waals surface area contributed by atoms with Crippen molar-refractivity contribution in [1.29, 1.82) is 0 Å². The molecule has 5 nitrogen and oxygen atoms in total. The third kappa shape index (κ3) is 1.22. The molecule has 0 saturated heterocycles. The van der Waals surface area contributed by atoms with Crippen molar-refractivity contribution >= 4 is 11.0 Å². The van der Waals surface area contributed by atoms with Gasteiger partial charge in [0.25, 0.3) is 5.56 Å². The van der Waals surface area contributed by atoms with E-state index < -0.39 is 0 Å². The van der Waals surface area contributed by atoms with Crippen molar-refractivity contribution in [3.63, 3.8) is 0 Å². The van der Waals surface area contributed by atoms with Gasteiger partial charge in [-0.2, -0.15) is 5.10 Å². The van der Waals surface area contributed by atoms with Gasteiger partial charge >= 0.3 is 0 Å². The summed E-state index contributed by atoms with van der Waals surface area (Å²) in [6, 6.07) is 9.37. The molecule has 0 amide bonds. The monoisotopic (exact) mass is 212 g/mol. The molecular formula is C11H8N4O. The van der Waals surface area contributed by atoms with Crippen molar-refractivity contribution in [3.8, 4) is 5.69 Å². The van der Waals surface area contributed by atoms with Crippen LogP contribution < -0.4 is 5.56 Å². The van der Waals surface area contributed by atoms with Gasteiger partial charge in [0.15, 0.2) is 5.65 Å². The third-order valence-electron chi connectivity index (χ3n) is 2.41. The second-order valence-electron chi connectivity index (χ2n) is 3.39. The molecule has 1 N–H and O–H groups in total. The molecule has 0 saturated carbocycles. The highest BCUT2D eigenvalue weighted by Crippen LogP contribution is 2.06. The fourth-order valence-corrected chi connectivity index (χ4v) is 1.60. The zero-order valence-electron chi connectivity index (χ0n) is 8.29. The normalized spacial score (nSPS) is 10.8. The quantitative estimate of drug-likeness (QED) is 0.657. The number of aromatic nitrogens is 4. The number of fused-ring (bicyclic) bond motifs is 1. The summed E-state index contributed by atoms with van der Waals surface area (Å²) in [5.74, 6) is 0. The van der Waals surface area contributed by atoms with E-state index in [0.717, 1.165) is 5.69 Å². The van der Waals surface area contributed by atoms with Gasteiger partial charge < -0.3 is 0 Å². The Morgan fingerprint density at radius 3 is 2.81 bits per heavy atom. The molecule has 0 spiro atoms. The first-order chi connectivity index (χ1) is 7.86. The minimum atomic E-state index is -0.120. The van der Waals surface area contributed by atoms with Gasteiger partial charge in [0.2, 0.25) is 0 Å². The van der Waals surface area contributed by atoms with Crippen LogP contribution in [0, 0.1) is 0 Å². The molecular weight excluding hydrogens is 204 g/mol. The summed E-state index contributed by atoms with van der Waals surface area (Å²) in [6.45, 7) is 0. The maximum Gasteiger partial charge on any atom is 0.269 e. The molecule has 2 heterocycles. The summed E-state index contributed by atoms with van der Waals surface area (Å²) in [7, 11) is 0. The van der Waals surface area contributed by atoms with Crippen LogP contribution in [0.2, 0.25) is 0 Å². The van der Waals surface area contributed by atoms with E-state index in [2.05, 4.69) is 15.2 Å². The molecule has 3 aromatic rings. The van der Waals surface area contributed by atoms with Crippen LogP contribution in [0.4, 0.5) is 0 Å². The number of para-hydroxylation sites is 1. The summed E-state index contributed by atoms with van der Waals surface area (Å²) < 4.78 is 1.50. The third-order valence-corrected chi connectivity index (χ3v) is 2.41. The number of benzene rings is 1. The van der Waals surface area contributed by atoms with Crippen LogP contribution in [0.15, 0.2) is 47.7 Å². The maximum absolute atomic E-state index is 12.1. The Labute approximate surface area is 90.4 Å². The minimum absolute atomic E-state index is 0.120. The lowest BCUT2D eigenvalue weighted by Crippen LogP contribution is -2.18. The van der Waals surface area contributed by atoms with Gasteiger partial charge in [-0.25, -0.2) is 4.98 Å². The highest BCUT2D eigenvalue weighted by molar-refractivity contribution is 5.72. The van der Waals surface area contributed by atoms with Gasteiger partial charge in [0.1, 0.15) is 11.7 Å². The molecule has 0 aliphatic rings. The smallest absolute Gasteiger partial charge is 0.268 e. The van der Waals surface area contributed by atoms with Gasteiger partial charge in [-0.15, -0.1) is 0 Å². The fraction of sp³-hybridized carbons (Fsp3) is 0. The highest BCUT2D eigenvalue weighted by Gasteiger charge is 2.06. The van der Waals surface area contributed by atoms with Crippen LogP contribution in [0.25, 0.3) is 16.7 Å². The minimum Gasteiger partial charge on any atom is -0.268 e. The first-order valence-corrected chi connectivity index (χ1v) is 4.82. The number of nitrogens with one attached hydrogen (secondary N) is 1. The molecule has 5 heteroatoms. The number of H-pyrrole nitrogens is 1. The topological polar surface area (TPSA) is 63.6 Å². The average Bonchev–Trinajstić information content (AvgIpc) is 2.80. The first kappa shape index (κ1) is 8.84. The summed E-state index contributed by atoms with van der Waals surface area (Å²) >= 11 is 0. The van der Waals surface area contributed by atoms with Gasteiger partial charge in [-0.1, -0.05) is 18.2 Å². The molecule has 0 atom stereocenters. The van der Waals surface area contributed by atoms with Gasteiger partial charge in [0, 0.05) is 0 Å². The van der Waals surface area contributed by atoms with E-state index in [1.807, 2.05) is 30.3 Å². The lowest BCUT2D eigenvalue weighted by Gasteiger charge is -2.03. The Hall–Kier alpha value is -2.43. The summed E-state index contributed by atoms with van der Waals surface area (Å²) in [6.07, 6.45) is 2.99. The summed E-state index contributed by atoms with van der Waals surface area (Å²) in [4.78, 5) is 16.2. The Morgan fingerprint density at radius 1 is 1.19 bits per heavy atom. The second-order valence-corrected chi connectivity index (χ2v) is 3.39. The Morgan fingerprint density at radius 2 is 2.00 bits per heavy atom. The first-order valence-electron chi connectivity index (χ1n) is 4.82. The predicted octanol–water partition coefficient (Wildman–Crippen LogP) is 1.11. The van der Waals surface area contributed by atoms with Crippen molar-refractivity contribution in [2.24, 2.45) is 0 Å². The maximum atomic E-state index is 12.1. The average molecular weight is 212 g/mol. The Balaban J connectivity index is 2.33. The number of aromatic amines is 1. The number of nitrogens with zero attached hydrogens (tertiary/aromatic N) is 3. The molecule has 1 aromatic carbocycles. The fourth-order valence-electron chi connectivity index (χ4n) is 1.60. The van der Waals surface area contributed by atoms with E-state index in [4.69, 9.17) is 0 Å².